The summed E-state index contributed by atoms with van der Waals surface area (Å²) in [5.74, 6) is -2.22. The van der Waals surface area contributed by atoms with Crippen molar-refractivity contribution in [1.29, 1.82) is 0 Å². The van der Waals surface area contributed by atoms with Crippen LogP contribution in [-0.4, -0.2) is 46.1 Å². The zero-order valence-electron chi connectivity index (χ0n) is 14.4. The average molecular weight is 378 g/mol. The number of amides is 5. The van der Waals surface area contributed by atoms with Crippen LogP contribution in [-0.2, 0) is 14.4 Å². The third kappa shape index (κ3) is 3.58. The second-order valence-electron chi connectivity index (χ2n) is 6.74. The Bertz CT molecular complexity index is 767. The molecule has 0 bridgehead atoms. The normalized spacial score (nSPS) is 23.5. The minimum absolute atomic E-state index is 0.143. The van der Waals surface area contributed by atoms with Crippen molar-refractivity contribution in [2.75, 3.05) is 11.9 Å². The van der Waals surface area contributed by atoms with Crippen LogP contribution in [0.1, 0.15) is 32.6 Å². The van der Waals surface area contributed by atoms with E-state index in [-0.39, 0.29) is 12.0 Å². The van der Waals surface area contributed by atoms with Crippen LogP contribution < -0.4 is 5.32 Å². The number of rotatable bonds is 4. The number of imide groups is 2. The van der Waals surface area contributed by atoms with E-state index in [1.807, 2.05) is 6.92 Å². The van der Waals surface area contributed by atoms with Gasteiger partial charge in [-0.3, -0.25) is 19.3 Å². The monoisotopic (exact) mass is 377 g/mol. The fraction of sp³-hybridized carbons (Fsp3) is 0.444. The zero-order chi connectivity index (χ0) is 18.8. The first-order valence-corrected chi connectivity index (χ1v) is 9.00. The van der Waals surface area contributed by atoms with Gasteiger partial charge in [-0.1, -0.05) is 37.4 Å². The summed E-state index contributed by atoms with van der Waals surface area (Å²) in [6, 6.07) is 5.52. The lowest BCUT2D eigenvalue weighted by atomic mass is 9.85. The molecule has 1 aliphatic heterocycles. The molecule has 0 spiro atoms. The number of nitrogens with one attached hydrogen (secondary N) is 1. The average Bonchev–Trinajstić information content (AvgIpc) is 2.79. The van der Waals surface area contributed by atoms with E-state index in [9.17, 15) is 19.2 Å². The van der Waals surface area contributed by atoms with Crippen molar-refractivity contribution in [3.63, 3.8) is 0 Å². The van der Waals surface area contributed by atoms with Crippen molar-refractivity contribution in [2.24, 2.45) is 5.92 Å². The van der Waals surface area contributed by atoms with Crippen molar-refractivity contribution >= 4 is 41.0 Å². The summed E-state index contributed by atoms with van der Waals surface area (Å²) >= 11 is 5.86. The Morgan fingerprint density at radius 3 is 2.62 bits per heavy atom. The van der Waals surface area contributed by atoms with Crippen molar-refractivity contribution < 1.29 is 19.2 Å². The Morgan fingerprint density at radius 2 is 1.92 bits per heavy atom. The number of benzene rings is 1. The lowest BCUT2D eigenvalue weighted by Crippen LogP contribution is -2.46. The van der Waals surface area contributed by atoms with Gasteiger partial charge in [-0.2, -0.15) is 0 Å². The molecule has 1 aromatic rings. The number of carbonyl (C=O) groups is 4. The van der Waals surface area contributed by atoms with E-state index >= 15 is 0 Å². The van der Waals surface area contributed by atoms with Crippen molar-refractivity contribution in [3.8, 4) is 0 Å². The van der Waals surface area contributed by atoms with Crippen LogP contribution in [0.25, 0.3) is 0 Å². The van der Waals surface area contributed by atoms with Gasteiger partial charge in [0.2, 0.25) is 5.91 Å². The van der Waals surface area contributed by atoms with Gasteiger partial charge in [0.1, 0.15) is 6.54 Å². The molecule has 138 valence electrons. The van der Waals surface area contributed by atoms with Crippen molar-refractivity contribution in [2.45, 2.75) is 38.6 Å². The number of halogens is 1. The Balaban J connectivity index is 1.70. The topological polar surface area (TPSA) is 86.8 Å². The molecule has 1 N–H and O–H groups in total. The van der Waals surface area contributed by atoms with Gasteiger partial charge in [-0.25, -0.2) is 9.69 Å². The Hall–Kier alpha value is -2.41. The molecule has 0 radical (unpaired) electrons. The number of anilines is 1. The Kier molecular flexibility index (Phi) is 5.27. The maximum atomic E-state index is 12.6. The van der Waals surface area contributed by atoms with Gasteiger partial charge in [0, 0.05) is 16.8 Å². The summed E-state index contributed by atoms with van der Waals surface area (Å²) < 4.78 is 0. The zero-order valence-corrected chi connectivity index (χ0v) is 15.2. The first kappa shape index (κ1) is 18.4. The van der Waals surface area contributed by atoms with Crippen LogP contribution in [0.2, 0.25) is 5.02 Å². The van der Waals surface area contributed by atoms with Crippen LogP contribution in [0.4, 0.5) is 10.5 Å². The smallest absolute Gasteiger partial charge is 0.324 e. The fourth-order valence-electron chi connectivity index (χ4n) is 3.54. The van der Waals surface area contributed by atoms with Gasteiger partial charge in [0.05, 0.1) is 0 Å². The molecule has 26 heavy (non-hydrogen) atoms. The van der Waals surface area contributed by atoms with Crippen LogP contribution in [0.15, 0.2) is 24.3 Å². The molecule has 1 aliphatic carbocycles. The number of nitrogens with zero attached hydrogens (tertiary/aromatic N) is 2. The molecular weight excluding hydrogens is 358 g/mol. The molecule has 7 nitrogen and oxygen atoms in total. The SMILES string of the molecule is C[C@H]1CCCC[C@H]1N1C(=O)C(=O)N(CC(=O)Nc2cccc(Cl)c2)C1=O. The van der Waals surface area contributed by atoms with E-state index in [4.69, 9.17) is 11.6 Å². The highest BCUT2D eigenvalue weighted by Crippen LogP contribution is 2.31. The Labute approximate surface area is 156 Å². The van der Waals surface area contributed by atoms with E-state index in [0.717, 1.165) is 24.2 Å². The van der Waals surface area contributed by atoms with Gasteiger partial charge in [0.15, 0.2) is 0 Å². The molecule has 0 unspecified atom stereocenters. The number of hydrogen-bond acceptors (Lipinski definition) is 4. The molecule has 2 fully saturated rings. The first-order valence-electron chi connectivity index (χ1n) is 8.63. The van der Waals surface area contributed by atoms with E-state index in [1.54, 1.807) is 24.3 Å². The lowest BCUT2D eigenvalue weighted by Gasteiger charge is -2.34. The number of carbonyl (C=O) groups excluding carboxylic acids is 4. The second kappa shape index (κ2) is 7.45. The number of hydrogen-bond donors (Lipinski definition) is 1. The lowest BCUT2D eigenvalue weighted by molar-refractivity contribution is -0.145. The summed E-state index contributed by atoms with van der Waals surface area (Å²) in [4.78, 5) is 51.1. The highest BCUT2D eigenvalue weighted by molar-refractivity contribution is 6.45. The standard InChI is InChI=1S/C18H20ClN3O4/c1-11-5-2-3-8-14(11)22-17(25)16(24)21(18(22)26)10-15(23)20-13-7-4-6-12(19)9-13/h4,6-7,9,11,14H,2-3,5,8,10H2,1H3,(H,20,23)/t11-,14+/m0/s1. The molecule has 2 aliphatic rings. The van der Waals surface area contributed by atoms with Gasteiger partial charge in [0.25, 0.3) is 0 Å². The van der Waals surface area contributed by atoms with Crippen LogP contribution in [0.5, 0.6) is 0 Å². The minimum Gasteiger partial charge on any atom is -0.324 e. The van der Waals surface area contributed by atoms with E-state index < -0.39 is 30.3 Å². The molecule has 1 aromatic carbocycles. The van der Waals surface area contributed by atoms with Crippen LogP contribution >= 0.6 is 11.6 Å². The summed E-state index contributed by atoms with van der Waals surface area (Å²) in [7, 11) is 0. The van der Waals surface area contributed by atoms with Crippen molar-refractivity contribution in [1.82, 2.24) is 9.80 Å². The quantitative estimate of drug-likeness (QED) is 0.645. The van der Waals surface area contributed by atoms with Gasteiger partial charge < -0.3 is 5.32 Å². The van der Waals surface area contributed by atoms with E-state index in [0.29, 0.717) is 22.0 Å². The molecule has 0 aromatic heterocycles. The maximum Gasteiger partial charge on any atom is 0.334 e. The second-order valence-corrected chi connectivity index (χ2v) is 7.17. The van der Waals surface area contributed by atoms with Crippen LogP contribution in [0, 0.1) is 5.92 Å². The van der Waals surface area contributed by atoms with E-state index in [2.05, 4.69) is 5.32 Å². The molecular formula is C18H20ClN3O4. The molecule has 8 heteroatoms. The molecule has 5 amide bonds. The number of urea groups is 1. The Morgan fingerprint density at radius 1 is 1.19 bits per heavy atom. The van der Waals surface area contributed by atoms with Crippen molar-refractivity contribution in [3.05, 3.63) is 29.3 Å². The molecule has 1 saturated heterocycles. The molecule has 2 atom stereocenters. The molecule has 1 heterocycles. The third-order valence-corrected chi connectivity index (χ3v) is 5.13. The summed E-state index contributed by atoms with van der Waals surface area (Å²) in [5.41, 5.74) is 0.450. The minimum atomic E-state index is -0.950. The summed E-state index contributed by atoms with van der Waals surface area (Å²) in [6.45, 7) is 1.47. The van der Waals surface area contributed by atoms with E-state index in [1.165, 1.54) is 0 Å². The predicted octanol–water partition coefficient (Wildman–Crippen LogP) is 2.65. The first-order chi connectivity index (χ1) is 12.4. The van der Waals surface area contributed by atoms with Gasteiger partial charge in [-0.15, -0.1) is 0 Å². The summed E-state index contributed by atoms with van der Waals surface area (Å²) in [6.07, 6.45) is 3.56. The summed E-state index contributed by atoms with van der Waals surface area (Å²) in [5, 5.41) is 3.02. The molecule has 3 rings (SSSR count). The maximum absolute atomic E-state index is 12.6. The fourth-order valence-corrected chi connectivity index (χ4v) is 3.74. The molecule has 1 saturated carbocycles. The largest absolute Gasteiger partial charge is 0.334 e. The third-order valence-electron chi connectivity index (χ3n) is 4.89. The highest BCUT2D eigenvalue weighted by atomic mass is 35.5. The van der Waals surface area contributed by atoms with Gasteiger partial charge >= 0.3 is 17.8 Å². The van der Waals surface area contributed by atoms with Crippen LogP contribution in [0.3, 0.4) is 0 Å². The van der Waals surface area contributed by atoms with Gasteiger partial charge in [-0.05, 0) is 37.0 Å². The predicted molar refractivity (Wildman–Crippen MR) is 95.5 cm³/mol. The highest BCUT2D eigenvalue weighted by Gasteiger charge is 2.49.